The van der Waals surface area contributed by atoms with Gasteiger partial charge in [0.2, 0.25) is 0 Å². The molecule has 17 heavy (non-hydrogen) atoms. The van der Waals surface area contributed by atoms with Crippen molar-refractivity contribution in [2.75, 3.05) is 0 Å². The first-order chi connectivity index (χ1) is 7.81. The number of rotatable bonds is 2. The van der Waals surface area contributed by atoms with Crippen LogP contribution in [0.5, 0.6) is 0 Å². The molecular weight excluding hydrogens is 259 g/mol. The quantitative estimate of drug-likeness (QED) is 0.607. The number of alkyl halides is 3. The van der Waals surface area contributed by atoms with Crippen LogP contribution >= 0.6 is 11.6 Å². The third kappa shape index (κ3) is 2.63. The maximum atomic E-state index is 12.6. The molecule has 0 aliphatic carbocycles. The Morgan fingerprint density at radius 2 is 2.00 bits per heavy atom. The van der Waals surface area contributed by atoms with Crippen LogP contribution in [-0.4, -0.2) is 11.5 Å². The average molecular weight is 262 g/mol. The first kappa shape index (κ1) is 13.2. The van der Waals surface area contributed by atoms with Crippen LogP contribution in [0, 0.1) is 11.3 Å². The minimum Gasteiger partial charge on any atom is -0.298 e. The molecule has 1 aromatic carbocycles. The minimum atomic E-state index is -4.90. The fraction of sp³-hybridized carbons (Fsp3) is 0.100. The van der Waals surface area contributed by atoms with Crippen molar-refractivity contribution in [3.63, 3.8) is 0 Å². The first-order valence-electron chi connectivity index (χ1n) is 4.11. The van der Waals surface area contributed by atoms with E-state index in [-0.39, 0.29) is 11.8 Å². The molecule has 0 aliphatic rings. The molecule has 0 aromatic heterocycles. The van der Waals surface area contributed by atoms with E-state index in [1.54, 1.807) is 0 Å². The molecule has 0 atom stereocenters. The van der Waals surface area contributed by atoms with Crippen molar-refractivity contribution in [3.8, 4) is 6.07 Å². The number of halogens is 4. The molecule has 0 saturated carbocycles. The van der Waals surface area contributed by atoms with Gasteiger partial charge in [0.1, 0.15) is 6.29 Å². The third-order valence-corrected chi connectivity index (χ3v) is 2.12. The van der Waals surface area contributed by atoms with E-state index < -0.39 is 28.1 Å². The molecule has 0 fully saturated rings. The highest BCUT2D eigenvalue weighted by Gasteiger charge is 2.38. The third-order valence-electron chi connectivity index (χ3n) is 1.91. The second-order valence-corrected chi connectivity index (χ2v) is 3.34. The number of carbonyl (C=O) groups is 2. The normalized spacial score (nSPS) is 10.8. The Bertz CT molecular complexity index is 532. The smallest absolute Gasteiger partial charge is 0.298 e. The van der Waals surface area contributed by atoms with Crippen molar-refractivity contribution in [1.82, 2.24) is 0 Å². The predicted octanol–water partition coefficient (Wildman–Crippen LogP) is 2.77. The Hall–Kier alpha value is -1.87. The molecule has 0 amide bonds. The van der Waals surface area contributed by atoms with Gasteiger partial charge in [-0.25, -0.2) is 0 Å². The Labute approximate surface area is 98.4 Å². The van der Waals surface area contributed by atoms with Gasteiger partial charge in [-0.3, -0.25) is 9.59 Å². The summed E-state index contributed by atoms with van der Waals surface area (Å²) in [4.78, 5) is 21.4. The van der Waals surface area contributed by atoms with E-state index in [4.69, 9.17) is 16.9 Å². The molecule has 7 heteroatoms. The maximum Gasteiger partial charge on any atom is 0.418 e. The predicted molar refractivity (Wildman–Crippen MR) is 51.7 cm³/mol. The maximum absolute atomic E-state index is 12.6. The molecule has 0 N–H and O–H groups in total. The van der Waals surface area contributed by atoms with Crippen molar-refractivity contribution in [1.29, 1.82) is 5.26 Å². The van der Waals surface area contributed by atoms with Crippen molar-refractivity contribution >= 4 is 23.1 Å². The van der Waals surface area contributed by atoms with Gasteiger partial charge in [-0.15, -0.1) is 0 Å². The zero-order valence-electron chi connectivity index (χ0n) is 8.01. The highest BCUT2D eigenvalue weighted by Crippen LogP contribution is 2.35. The van der Waals surface area contributed by atoms with E-state index in [9.17, 15) is 22.8 Å². The van der Waals surface area contributed by atoms with Gasteiger partial charge in [-0.1, -0.05) is 0 Å². The van der Waals surface area contributed by atoms with Gasteiger partial charge >= 0.3 is 6.18 Å². The summed E-state index contributed by atoms with van der Waals surface area (Å²) in [5.41, 5.74) is -3.37. The zero-order chi connectivity index (χ0) is 13.2. The molecule has 3 nitrogen and oxygen atoms in total. The molecule has 0 unspecified atom stereocenters. The van der Waals surface area contributed by atoms with E-state index in [0.29, 0.717) is 6.07 Å². The lowest BCUT2D eigenvalue weighted by Crippen LogP contribution is -2.14. The van der Waals surface area contributed by atoms with E-state index in [1.807, 2.05) is 0 Å². The molecule has 88 valence electrons. The summed E-state index contributed by atoms with van der Waals surface area (Å²) in [6.45, 7) is 0. The monoisotopic (exact) mass is 261 g/mol. The van der Waals surface area contributed by atoms with Gasteiger partial charge < -0.3 is 0 Å². The topological polar surface area (TPSA) is 57.9 Å². The van der Waals surface area contributed by atoms with E-state index >= 15 is 0 Å². The zero-order valence-corrected chi connectivity index (χ0v) is 8.76. The van der Waals surface area contributed by atoms with E-state index in [0.717, 1.165) is 6.07 Å². The molecule has 0 radical (unpaired) electrons. The number of nitrogens with zero attached hydrogens (tertiary/aromatic N) is 1. The summed E-state index contributed by atoms with van der Waals surface area (Å²) < 4.78 is 37.9. The van der Waals surface area contributed by atoms with Gasteiger partial charge in [0.25, 0.3) is 5.24 Å². The largest absolute Gasteiger partial charge is 0.418 e. The van der Waals surface area contributed by atoms with Crippen LogP contribution in [0.25, 0.3) is 0 Å². The first-order valence-corrected chi connectivity index (χ1v) is 4.49. The van der Waals surface area contributed by atoms with E-state index in [1.165, 1.54) is 6.07 Å². The second-order valence-electron chi connectivity index (χ2n) is 2.99. The number of hydrogen-bond acceptors (Lipinski definition) is 3. The fourth-order valence-corrected chi connectivity index (χ4v) is 1.43. The summed E-state index contributed by atoms with van der Waals surface area (Å²) in [5.74, 6) is 0. The number of aldehydes is 1. The summed E-state index contributed by atoms with van der Waals surface area (Å²) in [6, 6.07) is 2.73. The molecule has 0 heterocycles. The standard InChI is InChI=1S/C10H3ClF3NO2/c11-9(17)7-2-5(4-16)1-6(3-15)8(7)10(12,13)14/h1-2,4H. The molecule has 1 rings (SSSR count). The molecule has 0 bridgehead atoms. The lowest BCUT2D eigenvalue weighted by Gasteiger charge is -2.12. The Morgan fingerprint density at radius 1 is 1.41 bits per heavy atom. The van der Waals surface area contributed by atoms with Crippen LogP contribution in [0.1, 0.15) is 31.8 Å². The average Bonchev–Trinajstić information content (AvgIpc) is 2.25. The van der Waals surface area contributed by atoms with Crippen molar-refractivity contribution in [2.24, 2.45) is 0 Å². The van der Waals surface area contributed by atoms with Crippen LogP contribution in [0.2, 0.25) is 0 Å². The number of nitriles is 1. The molecule has 0 spiro atoms. The second kappa shape index (κ2) is 4.55. The highest BCUT2D eigenvalue weighted by molar-refractivity contribution is 6.68. The minimum absolute atomic E-state index is 0.224. The van der Waals surface area contributed by atoms with Crippen LogP contribution in [0.3, 0.4) is 0 Å². The Morgan fingerprint density at radius 3 is 2.35 bits per heavy atom. The molecule has 1 aromatic rings. The van der Waals surface area contributed by atoms with Crippen LogP contribution in [0.4, 0.5) is 13.2 Å². The fourth-order valence-electron chi connectivity index (χ4n) is 1.28. The van der Waals surface area contributed by atoms with Crippen molar-refractivity contribution in [2.45, 2.75) is 6.18 Å². The summed E-state index contributed by atoms with van der Waals surface area (Å²) in [7, 11) is 0. The van der Waals surface area contributed by atoms with Crippen molar-refractivity contribution < 1.29 is 22.8 Å². The Balaban J connectivity index is 3.72. The SMILES string of the molecule is N#Cc1cc(C=O)cc(C(=O)Cl)c1C(F)(F)F. The summed E-state index contributed by atoms with van der Waals surface area (Å²) >= 11 is 5.01. The van der Waals surface area contributed by atoms with Gasteiger partial charge in [-0.2, -0.15) is 18.4 Å². The van der Waals surface area contributed by atoms with Crippen LogP contribution < -0.4 is 0 Å². The number of benzene rings is 1. The molecule has 0 saturated heterocycles. The highest BCUT2D eigenvalue weighted by atomic mass is 35.5. The lowest BCUT2D eigenvalue weighted by molar-refractivity contribution is -0.138. The Kier molecular flexibility index (Phi) is 3.53. The van der Waals surface area contributed by atoms with Crippen LogP contribution in [-0.2, 0) is 6.18 Å². The molecule has 0 aliphatic heterocycles. The number of hydrogen-bond donors (Lipinski definition) is 0. The lowest BCUT2D eigenvalue weighted by atomic mass is 9.98. The van der Waals surface area contributed by atoms with E-state index in [2.05, 4.69) is 0 Å². The van der Waals surface area contributed by atoms with Crippen LogP contribution in [0.15, 0.2) is 12.1 Å². The van der Waals surface area contributed by atoms with Crippen molar-refractivity contribution in [3.05, 3.63) is 34.4 Å². The summed E-state index contributed by atoms with van der Waals surface area (Å²) in [6.07, 6.45) is -4.67. The number of carbonyl (C=O) groups excluding carboxylic acids is 2. The molecular formula is C10H3ClF3NO2. The van der Waals surface area contributed by atoms with Gasteiger partial charge in [0, 0.05) is 11.1 Å². The van der Waals surface area contributed by atoms with Gasteiger partial charge in [0.05, 0.1) is 17.2 Å². The van der Waals surface area contributed by atoms with Gasteiger partial charge in [-0.05, 0) is 23.7 Å². The summed E-state index contributed by atoms with van der Waals surface area (Å²) in [5, 5.41) is 7.21. The van der Waals surface area contributed by atoms with Gasteiger partial charge in [0.15, 0.2) is 0 Å².